The molecule has 1 saturated carbocycles. The van der Waals surface area contributed by atoms with Crippen molar-refractivity contribution in [2.24, 2.45) is 5.73 Å². The predicted octanol–water partition coefficient (Wildman–Crippen LogP) is 1.35. The first kappa shape index (κ1) is 8.52. The van der Waals surface area contributed by atoms with Gasteiger partial charge >= 0.3 is 0 Å². The van der Waals surface area contributed by atoms with Gasteiger partial charge in [-0.05, 0) is 32.2 Å². The Morgan fingerprint density at radius 2 is 1.92 bits per heavy atom. The summed E-state index contributed by atoms with van der Waals surface area (Å²) in [7, 11) is 0. The Hall–Kier alpha value is -0.0800. The van der Waals surface area contributed by atoms with Crippen molar-refractivity contribution in [1.29, 1.82) is 0 Å². The van der Waals surface area contributed by atoms with Crippen LogP contribution in [-0.4, -0.2) is 30.1 Å². The van der Waals surface area contributed by atoms with Crippen LogP contribution in [0, 0.1) is 0 Å². The fourth-order valence-electron chi connectivity index (χ4n) is 2.68. The molecule has 1 aliphatic heterocycles. The van der Waals surface area contributed by atoms with Crippen LogP contribution < -0.4 is 5.73 Å². The van der Waals surface area contributed by atoms with Crippen LogP contribution in [0.2, 0.25) is 0 Å². The molecule has 0 aromatic rings. The first-order chi connectivity index (χ1) is 5.92. The molecule has 0 amide bonds. The normalized spacial score (nSPS) is 32.2. The third-order valence-electron chi connectivity index (χ3n) is 3.48. The van der Waals surface area contributed by atoms with Crippen LogP contribution in [-0.2, 0) is 0 Å². The van der Waals surface area contributed by atoms with Crippen molar-refractivity contribution in [3.05, 3.63) is 0 Å². The van der Waals surface area contributed by atoms with Gasteiger partial charge in [0, 0.05) is 18.6 Å². The minimum atomic E-state index is 0.845. The zero-order chi connectivity index (χ0) is 8.39. The van der Waals surface area contributed by atoms with Gasteiger partial charge in [-0.1, -0.05) is 12.8 Å². The standard InChI is InChI=1S/C10H20N2/c11-7-5-10-6-8-12(10)9-3-1-2-4-9/h9-10H,1-8,11H2. The first-order valence-electron chi connectivity index (χ1n) is 5.37. The van der Waals surface area contributed by atoms with E-state index in [0.29, 0.717) is 0 Å². The van der Waals surface area contributed by atoms with Crippen LogP contribution in [0.25, 0.3) is 0 Å². The van der Waals surface area contributed by atoms with Gasteiger partial charge in [-0.25, -0.2) is 0 Å². The topological polar surface area (TPSA) is 29.3 Å². The molecule has 1 atom stereocenters. The number of nitrogens with zero attached hydrogens (tertiary/aromatic N) is 1. The van der Waals surface area contributed by atoms with Gasteiger partial charge < -0.3 is 5.73 Å². The number of likely N-dealkylation sites (tertiary alicyclic amines) is 1. The van der Waals surface area contributed by atoms with E-state index in [1.807, 2.05) is 0 Å². The maximum absolute atomic E-state index is 5.57. The van der Waals surface area contributed by atoms with Crippen molar-refractivity contribution in [1.82, 2.24) is 4.90 Å². The Morgan fingerprint density at radius 3 is 2.42 bits per heavy atom. The quantitative estimate of drug-likeness (QED) is 0.689. The Balaban J connectivity index is 1.79. The summed E-state index contributed by atoms with van der Waals surface area (Å²) in [6.07, 6.45) is 8.42. The van der Waals surface area contributed by atoms with E-state index in [2.05, 4.69) is 4.90 Å². The fourth-order valence-corrected chi connectivity index (χ4v) is 2.68. The summed E-state index contributed by atoms with van der Waals surface area (Å²) in [6, 6.07) is 1.77. The molecule has 2 aliphatic rings. The minimum Gasteiger partial charge on any atom is -0.330 e. The molecule has 1 unspecified atom stereocenters. The molecule has 2 fully saturated rings. The van der Waals surface area contributed by atoms with E-state index in [1.54, 1.807) is 0 Å². The predicted molar refractivity (Wildman–Crippen MR) is 51.0 cm³/mol. The molecule has 0 radical (unpaired) electrons. The van der Waals surface area contributed by atoms with Gasteiger partial charge in [0.05, 0.1) is 0 Å². The molecule has 0 aromatic carbocycles. The molecule has 1 saturated heterocycles. The number of hydrogen-bond donors (Lipinski definition) is 1. The third kappa shape index (κ3) is 1.50. The molecule has 1 heterocycles. The zero-order valence-corrected chi connectivity index (χ0v) is 7.84. The Bertz CT molecular complexity index is 141. The summed E-state index contributed by atoms with van der Waals surface area (Å²) < 4.78 is 0. The lowest BCUT2D eigenvalue weighted by Gasteiger charge is -2.45. The smallest absolute Gasteiger partial charge is 0.0122 e. The molecule has 2 nitrogen and oxygen atoms in total. The number of hydrogen-bond acceptors (Lipinski definition) is 2. The molecule has 1 aliphatic carbocycles. The van der Waals surface area contributed by atoms with Gasteiger partial charge in [0.1, 0.15) is 0 Å². The Kier molecular flexibility index (Phi) is 2.66. The summed E-state index contributed by atoms with van der Waals surface area (Å²) in [5.74, 6) is 0. The monoisotopic (exact) mass is 168 g/mol. The molecule has 2 rings (SSSR count). The van der Waals surface area contributed by atoms with E-state index in [9.17, 15) is 0 Å². The highest BCUT2D eigenvalue weighted by molar-refractivity contribution is 4.90. The second-order valence-electron chi connectivity index (χ2n) is 4.20. The molecular formula is C10H20N2. The van der Waals surface area contributed by atoms with Gasteiger partial charge in [0.25, 0.3) is 0 Å². The largest absolute Gasteiger partial charge is 0.330 e. The molecule has 12 heavy (non-hydrogen) atoms. The SMILES string of the molecule is NCCC1CCN1C1CCCC1. The Labute approximate surface area is 75.1 Å². The fraction of sp³-hybridized carbons (Fsp3) is 1.00. The highest BCUT2D eigenvalue weighted by Crippen LogP contribution is 2.31. The summed E-state index contributed by atoms with van der Waals surface area (Å²) in [5, 5.41) is 0. The van der Waals surface area contributed by atoms with Gasteiger partial charge in [-0.15, -0.1) is 0 Å². The van der Waals surface area contributed by atoms with Gasteiger partial charge in [0.15, 0.2) is 0 Å². The minimum absolute atomic E-state index is 0.845. The van der Waals surface area contributed by atoms with Gasteiger partial charge in [-0.3, -0.25) is 4.90 Å². The van der Waals surface area contributed by atoms with Crippen molar-refractivity contribution >= 4 is 0 Å². The maximum atomic E-state index is 5.57. The van der Waals surface area contributed by atoms with Crippen LogP contribution >= 0.6 is 0 Å². The summed E-state index contributed by atoms with van der Waals surface area (Å²) >= 11 is 0. The van der Waals surface area contributed by atoms with Crippen molar-refractivity contribution in [2.45, 2.75) is 50.6 Å². The lowest BCUT2D eigenvalue weighted by Crippen LogP contribution is -2.52. The molecule has 2 heteroatoms. The van der Waals surface area contributed by atoms with Crippen molar-refractivity contribution in [3.63, 3.8) is 0 Å². The maximum Gasteiger partial charge on any atom is 0.0122 e. The van der Waals surface area contributed by atoms with E-state index in [1.165, 1.54) is 45.1 Å². The van der Waals surface area contributed by atoms with E-state index in [-0.39, 0.29) is 0 Å². The van der Waals surface area contributed by atoms with E-state index in [4.69, 9.17) is 5.73 Å². The lowest BCUT2D eigenvalue weighted by atomic mass is 9.96. The summed E-state index contributed by atoms with van der Waals surface area (Å²) in [5.41, 5.74) is 5.57. The number of rotatable bonds is 3. The molecule has 0 bridgehead atoms. The third-order valence-corrected chi connectivity index (χ3v) is 3.48. The molecule has 0 spiro atoms. The van der Waals surface area contributed by atoms with Crippen LogP contribution in [0.1, 0.15) is 38.5 Å². The zero-order valence-electron chi connectivity index (χ0n) is 7.84. The molecular weight excluding hydrogens is 148 g/mol. The van der Waals surface area contributed by atoms with E-state index < -0.39 is 0 Å². The van der Waals surface area contributed by atoms with Crippen LogP contribution in [0.15, 0.2) is 0 Å². The van der Waals surface area contributed by atoms with E-state index >= 15 is 0 Å². The van der Waals surface area contributed by atoms with Crippen molar-refractivity contribution in [2.75, 3.05) is 13.1 Å². The highest BCUT2D eigenvalue weighted by Gasteiger charge is 2.34. The van der Waals surface area contributed by atoms with Crippen LogP contribution in [0.4, 0.5) is 0 Å². The average molecular weight is 168 g/mol. The average Bonchev–Trinajstić information content (AvgIpc) is 2.51. The second-order valence-corrected chi connectivity index (χ2v) is 4.20. The van der Waals surface area contributed by atoms with Crippen LogP contribution in [0.3, 0.4) is 0 Å². The van der Waals surface area contributed by atoms with Crippen molar-refractivity contribution < 1.29 is 0 Å². The Morgan fingerprint density at radius 1 is 1.17 bits per heavy atom. The number of nitrogens with two attached hydrogens (primary N) is 1. The lowest BCUT2D eigenvalue weighted by molar-refractivity contribution is 0.0399. The molecule has 2 N–H and O–H groups in total. The summed E-state index contributed by atoms with van der Waals surface area (Å²) in [4.78, 5) is 2.69. The molecule has 0 aromatic heterocycles. The van der Waals surface area contributed by atoms with Crippen molar-refractivity contribution in [3.8, 4) is 0 Å². The second kappa shape index (κ2) is 3.75. The van der Waals surface area contributed by atoms with Crippen LogP contribution in [0.5, 0.6) is 0 Å². The highest BCUT2D eigenvalue weighted by atomic mass is 15.2. The van der Waals surface area contributed by atoms with Gasteiger partial charge in [0.2, 0.25) is 0 Å². The summed E-state index contributed by atoms with van der Waals surface area (Å²) in [6.45, 7) is 2.21. The first-order valence-corrected chi connectivity index (χ1v) is 5.37. The van der Waals surface area contributed by atoms with E-state index in [0.717, 1.165) is 18.6 Å². The molecule has 70 valence electrons. The van der Waals surface area contributed by atoms with Gasteiger partial charge in [-0.2, -0.15) is 0 Å².